The predicted molar refractivity (Wildman–Crippen MR) is 99.4 cm³/mol. The van der Waals surface area contributed by atoms with Crippen molar-refractivity contribution >= 4 is 34.8 Å². The van der Waals surface area contributed by atoms with Gasteiger partial charge in [-0.15, -0.1) is 5.10 Å². The zero-order valence-corrected chi connectivity index (χ0v) is 15.2. The largest absolute Gasteiger partial charge is 0.495 e. The van der Waals surface area contributed by atoms with Gasteiger partial charge in [-0.1, -0.05) is 11.6 Å². The van der Waals surface area contributed by atoms with Crippen molar-refractivity contribution in [2.24, 2.45) is 0 Å². The van der Waals surface area contributed by atoms with Crippen molar-refractivity contribution < 1.29 is 14.3 Å². The second-order valence-electron chi connectivity index (χ2n) is 5.47. The molecule has 1 heterocycles. The second kappa shape index (κ2) is 7.83. The number of methoxy groups -OCH3 is 1. The summed E-state index contributed by atoms with van der Waals surface area (Å²) in [5.74, 6) is -0.243. The number of hydrogen-bond acceptors (Lipinski definition) is 6. The van der Waals surface area contributed by atoms with E-state index < -0.39 is 5.91 Å². The fourth-order valence-corrected chi connectivity index (χ4v) is 2.59. The molecule has 0 bridgehead atoms. The molecule has 0 spiro atoms. The number of nitrogens with one attached hydrogen (secondary N) is 2. The highest BCUT2D eigenvalue weighted by molar-refractivity contribution is 6.34. The molecule has 0 aliphatic carbocycles. The highest BCUT2D eigenvalue weighted by Gasteiger charge is 2.15. The molecule has 3 aromatic rings. The van der Waals surface area contributed by atoms with Crippen LogP contribution in [0.3, 0.4) is 0 Å². The summed E-state index contributed by atoms with van der Waals surface area (Å²) in [6.07, 6.45) is 1.41. The molecule has 0 atom stereocenters. The van der Waals surface area contributed by atoms with Crippen LogP contribution in [0.25, 0.3) is 5.69 Å². The molecule has 0 fully saturated rings. The molecule has 0 radical (unpaired) electrons. The van der Waals surface area contributed by atoms with Gasteiger partial charge < -0.3 is 15.4 Å². The number of tetrazole rings is 1. The Bertz CT molecular complexity index is 990. The third-order valence-electron chi connectivity index (χ3n) is 3.58. The maximum absolute atomic E-state index is 12.8. The topological polar surface area (TPSA) is 111 Å². The van der Waals surface area contributed by atoms with Crippen LogP contribution in [-0.2, 0) is 4.79 Å². The van der Waals surface area contributed by atoms with Crippen molar-refractivity contribution in [3.8, 4) is 11.4 Å². The third kappa shape index (κ3) is 4.21. The highest BCUT2D eigenvalue weighted by atomic mass is 35.5. The maximum Gasteiger partial charge on any atom is 0.257 e. The molecule has 1 aromatic heterocycles. The lowest BCUT2D eigenvalue weighted by atomic mass is 10.1. The first-order valence-electron chi connectivity index (χ1n) is 7.78. The van der Waals surface area contributed by atoms with E-state index in [1.165, 1.54) is 25.0 Å². The number of aromatic nitrogens is 4. The van der Waals surface area contributed by atoms with Gasteiger partial charge in [0.2, 0.25) is 5.91 Å². The Morgan fingerprint density at radius 1 is 1.15 bits per heavy atom. The van der Waals surface area contributed by atoms with E-state index in [2.05, 4.69) is 26.2 Å². The van der Waals surface area contributed by atoms with Gasteiger partial charge in [0.15, 0.2) is 0 Å². The quantitative estimate of drug-likeness (QED) is 0.697. The number of carbonyl (C=O) groups is 2. The lowest BCUT2D eigenvalue weighted by molar-refractivity contribution is -0.114. The van der Waals surface area contributed by atoms with Crippen molar-refractivity contribution in [2.45, 2.75) is 6.92 Å². The van der Waals surface area contributed by atoms with Gasteiger partial charge in [-0.25, -0.2) is 4.68 Å². The van der Waals surface area contributed by atoms with Gasteiger partial charge >= 0.3 is 0 Å². The Hall–Kier alpha value is -3.46. The van der Waals surface area contributed by atoms with Crippen molar-refractivity contribution in [3.05, 3.63) is 53.3 Å². The van der Waals surface area contributed by atoms with Crippen LogP contribution < -0.4 is 15.4 Å². The third-order valence-corrected chi connectivity index (χ3v) is 3.91. The highest BCUT2D eigenvalue weighted by Crippen LogP contribution is 2.29. The molecule has 3 rings (SSSR count). The van der Waals surface area contributed by atoms with Crippen molar-refractivity contribution in [3.63, 3.8) is 0 Å². The van der Waals surface area contributed by atoms with Crippen LogP contribution in [-0.4, -0.2) is 39.1 Å². The van der Waals surface area contributed by atoms with Crippen molar-refractivity contribution in [2.75, 3.05) is 17.7 Å². The van der Waals surface area contributed by atoms with E-state index in [9.17, 15) is 9.59 Å². The summed E-state index contributed by atoms with van der Waals surface area (Å²) in [6.45, 7) is 1.40. The predicted octanol–water partition coefficient (Wildman–Crippen LogP) is 2.54. The molecule has 0 saturated carbocycles. The minimum atomic E-state index is -0.451. The first kappa shape index (κ1) is 18.3. The average Bonchev–Trinajstić information content (AvgIpc) is 3.16. The van der Waals surface area contributed by atoms with E-state index in [0.29, 0.717) is 22.8 Å². The number of halogens is 1. The Balaban J connectivity index is 1.91. The van der Waals surface area contributed by atoms with E-state index in [4.69, 9.17) is 16.3 Å². The second-order valence-corrected chi connectivity index (χ2v) is 5.88. The monoisotopic (exact) mass is 386 g/mol. The summed E-state index contributed by atoms with van der Waals surface area (Å²) in [5, 5.41) is 16.6. The van der Waals surface area contributed by atoms with E-state index in [-0.39, 0.29) is 16.5 Å². The first-order chi connectivity index (χ1) is 13.0. The molecule has 0 saturated heterocycles. The SMILES string of the molecule is COc1ccc(NC(C)=O)cc1NC(=O)c1cc(-n2cnnn2)ccc1Cl. The van der Waals surface area contributed by atoms with Gasteiger partial charge in [0.25, 0.3) is 5.91 Å². The number of hydrogen-bond donors (Lipinski definition) is 2. The molecule has 2 amide bonds. The normalized spacial score (nSPS) is 10.3. The van der Waals surface area contributed by atoms with E-state index in [0.717, 1.165) is 0 Å². The molecule has 0 aliphatic heterocycles. The van der Waals surface area contributed by atoms with E-state index in [1.54, 1.807) is 36.4 Å². The Morgan fingerprint density at radius 2 is 1.96 bits per heavy atom. The fourth-order valence-electron chi connectivity index (χ4n) is 2.39. The Kier molecular flexibility index (Phi) is 5.32. The first-order valence-corrected chi connectivity index (χ1v) is 8.15. The number of ether oxygens (including phenoxy) is 1. The lowest BCUT2D eigenvalue weighted by Crippen LogP contribution is -2.14. The van der Waals surface area contributed by atoms with Crippen LogP contribution in [0.5, 0.6) is 5.75 Å². The van der Waals surface area contributed by atoms with Crippen LogP contribution in [0.4, 0.5) is 11.4 Å². The average molecular weight is 387 g/mol. The molecule has 2 N–H and O–H groups in total. The van der Waals surface area contributed by atoms with Crippen molar-refractivity contribution in [1.82, 2.24) is 20.2 Å². The number of carbonyl (C=O) groups excluding carboxylic acids is 2. The van der Waals surface area contributed by atoms with Crippen LogP contribution in [0.15, 0.2) is 42.7 Å². The van der Waals surface area contributed by atoms with Gasteiger partial charge in [0, 0.05) is 12.6 Å². The fraction of sp³-hybridized carbons (Fsp3) is 0.118. The molecule has 138 valence electrons. The Labute approximate surface area is 159 Å². The summed E-state index contributed by atoms with van der Waals surface area (Å²) >= 11 is 6.18. The summed E-state index contributed by atoms with van der Waals surface area (Å²) < 4.78 is 6.67. The standard InChI is InChI=1S/C17H15ClN6O3/c1-10(25)20-11-3-6-16(27-2)15(7-11)21-17(26)13-8-12(4-5-14(13)18)24-9-19-22-23-24/h3-9H,1-2H3,(H,20,25)(H,21,26). The van der Waals surface area contributed by atoms with Gasteiger partial charge in [0.05, 0.1) is 29.1 Å². The summed E-state index contributed by atoms with van der Waals surface area (Å²) in [7, 11) is 1.48. The van der Waals surface area contributed by atoms with Gasteiger partial charge in [-0.05, 0) is 46.8 Å². The zero-order chi connectivity index (χ0) is 19.4. The minimum absolute atomic E-state index is 0.227. The number of benzene rings is 2. The zero-order valence-electron chi connectivity index (χ0n) is 14.4. The summed E-state index contributed by atoms with van der Waals surface area (Å²) in [6, 6.07) is 9.74. The number of amides is 2. The van der Waals surface area contributed by atoms with Crippen molar-refractivity contribution in [1.29, 1.82) is 0 Å². The molecular formula is C17H15ClN6O3. The molecule has 27 heavy (non-hydrogen) atoms. The smallest absolute Gasteiger partial charge is 0.257 e. The van der Waals surface area contributed by atoms with Crippen LogP contribution in [0.1, 0.15) is 17.3 Å². The van der Waals surface area contributed by atoms with E-state index in [1.807, 2.05) is 0 Å². The summed E-state index contributed by atoms with van der Waals surface area (Å²) in [5.41, 5.74) is 1.72. The van der Waals surface area contributed by atoms with E-state index >= 15 is 0 Å². The number of anilines is 2. The lowest BCUT2D eigenvalue weighted by Gasteiger charge is -2.13. The molecule has 2 aromatic carbocycles. The van der Waals surface area contributed by atoms with Crippen LogP contribution >= 0.6 is 11.6 Å². The molecule has 0 aliphatic rings. The molecule has 0 unspecified atom stereocenters. The molecular weight excluding hydrogens is 372 g/mol. The number of rotatable bonds is 5. The van der Waals surface area contributed by atoms with Gasteiger partial charge in [-0.3, -0.25) is 9.59 Å². The Morgan fingerprint density at radius 3 is 2.63 bits per heavy atom. The molecule has 9 nitrogen and oxygen atoms in total. The van der Waals surface area contributed by atoms with Gasteiger partial charge in [0.1, 0.15) is 12.1 Å². The van der Waals surface area contributed by atoms with Crippen LogP contribution in [0, 0.1) is 0 Å². The summed E-state index contributed by atoms with van der Waals surface area (Å²) in [4.78, 5) is 24.0. The maximum atomic E-state index is 12.8. The molecule has 10 heteroatoms. The number of nitrogens with zero attached hydrogens (tertiary/aromatic N) is 4. The minimum Gasteiger partial charge on any atom is -0.495 e. The van der Waals surface area contributed by atoms with Gasteiger partial charge in [-0.2, -0.15) is 0 Å². The van der Waals surface area contributed by atoms with Crippen LogP contribution in [0.2, 0.25) is 5.02 Å².